The minimum Gasteiger partial charge on any atom is -0.483 e. The van der Waals surface area contributed by atoms with Crippen molar-refractivity contribution < 1.29 is 17.9 Å². The highest BCUT2D eigenvalue weighted by Gasteiger charge is 2.32. The van der Waals surface area contributed by atoms with Gasteiger partial charge in [-0.3, -0.25) is 4.79 Å². The van der Waals surface area contributed by atoms with Gasteiger partial charge in [-0.25, -0.2) is 8.42 Å². The molecule has 0 spiro atoms. The van der Waals surface area contributed by atoms with Crippen LogP contribution < -0.4 is 4.74 Å². The van der Waals surface area contributed by atoms with E-state index in [0.717, 1.165) is 0 Å². The predicted octanol–water partition coefficient (Wildman–Crippen LogP) is 2.13. The molecule has 0 aromatic heterocycles. The summed E-state index contributed by atoms with van der Waals surface area (Å²) in [5.41, 5.74) is 0. The molecule has 1 fully saturated rings. The van der Waals surface area contributed by atoms with Crippen molar-refractivity contribution in [1.29, 1.82) is 0 Å². The quantitative estimate of drug-likeness (QED) is 0.782. The van der Waals surface area contributed by atoms with Crippen LogP contribution in [0.25, 0.3) is 0 Å². The summed E-state index contributed by atoms with van der Waals surface area (Å²) in [5, 5.41) is 0.564. The first kappa shape index (κ1) is 16.6. The number of nitrogens with zero attached hydrogens (tertiary/aromatic N) is 1. The minimum atomic E-state index is -3.01. The Bertz CT molecular complexity index is 650. The Hall–Kier alpha value is -0.790. The fourth-order valence-corrected chi connectivity index (χ4v) is 4.69. The van der Waals surface area contributed by atoms with E-state index in [0.29, 0.717) is 21.7 Å². The zero-order chi connectivity index (χ0) is 15.6. The molecule has 1 atom stereocenters. The standard InChI is InChI=1S/C13H15BrClNO4S/c1-16(10-4-5-21(18,19)8-10)13(17)7-20-12-3-2-9(15)6-11(12)14/h2-3,6,10H,4-5,7-8H2,1H3. The predicted molar refractivity (Wildman–Crippen MR) is 84.5 cm³/mol. The van der Waals surface area contributed by atoms with E-state index in [-0.39, 0.29) is 30.1 Å². The van der Waals surface area contributed by atoms with E-state index in [4.69, 9.17) is 16.3 Å². The Morgan fingerprint density at radius 2 is 2.24 bits per heavy atom. The summed E-state index contributed by atoms with van der Waals surface area (Å²) < 4.78 is 29.0. The molecule has 2 rings (SSSR count). The van der Waals surface area contributed by atoms with Crippen molar-refractivity contribution >= 4 is 43.3 Å². The van der Waals surface area contributed by atoms with Crippen LogP contribution in [0, 0.1) is 0 Å². The second-order valence-electron chi connectivity index (χ2n) is 4.92. The molecule has 1 aliphatic rings. The topological polar surface area (TPSA) is 63.7 Å². The zero-order valence-corrected chi connectivity index (χ0v) is 14.5. The van der Waals surface area contributed by atoms with Crippen molar-refractivity contribution in [3.05, 3.63) is 27.7 Å². The number of likely N-dealkylation sites (N-methyl/N-ethyl adjacent to an activating group) is 1. The first-order chi connectivity index (χ1) is 9.78. The molecule has 21 heavy (non-hydrogen) atoms. The van der Waals surface area contributed by atoms with Gasteiger partial charge in [0, 0.05) is 18.1 Å². The molecule has 1 amide bonds. The molecule has 0 aliphatic carbocycles. The fraction of sp³-hybridized carbons (Fsp3) is 0.462. The van der Waals surface area contributed by atoms with Gasteiger partial charge in [0.25, 0.3) is 5.91 Å². The van der Waals surface area contributed by atoms with Crippen LogP contribution in [0.15, 0.2) is 22.7 Å². The third kappa shape index (κ3) is 4.34. The summed E-state index contributed by atoms with van der Waals surface area (Å²) in [6, 6.07) is 4.74. The number of halogens is 2. The lowest BCUT2D eigenvalue weighted by molar-refractivity contribution is -0.133. The average molecular weight is 397 g/mol. The number of sulfone groups is 1. The second kappa shape index (κ2) is 6.54. The molecule has 1 aromatic rings. The lowest BCUT2D eigenvalue weighted by Crippen LogP contribution is -2.40. The van der Waals surface area contributed by atoms with E-state index in [9.17, 15) is 13.2 Å². The summed E-state index contributed by atoms with van der Waals surface area (Å²) in [4.78, 5) is 13.5. The molecule has 0 N–H and O–H groups in total. The molecular formula is C13H15BrClNO4S. The second-order valence-corrected chi connectivity index (χ2v) is 8.44. The molecule has 0 saturated carbocycles. The van der Waals surface area contributed by atoms with Crippen molar-refractivity contribution in [2.24, 2.45) is 0 Å². The molecular weight excluding hydrogens is 382 g/mol. The van der Waals surface area contributed by atoms with Crippen LogP contribution in [0.2, 0.25) is 5.02 Å². The Labute approximate surface area is 137 Å². The molecule has 1 aromatic carbocycles. The molecule has 1 aliphatic heterocycles. The monoisotopic (exact) mass is 395 g/mol. The van der Waals surface area contributed by atoms with Crippen molar-refractivity contribution in [3.63, 3.8) is 0 Å². The van der Waals surface area contributed by atoms with E-state index >= 15 is 0 Å². The maximum absolute atomic E-state index is 12.1. The third-order valence-electron chi connectivity index (χ3n) is 3.39. The summed E-state index contributed by atoms with van der Waals surface area (Å²) in [7, 11) is -1.40. The summed E-state index contributed by atoms with van der Waals surface area (Å²) in [5.74, 6) is 0.429. The number of amides is 1. The zero-order valence-electron chi connectivity index (χ0n) is 11.4. The lowest BCUT2D eigenvalue weighted by atomic mass is 10.2. The van der Waals surface area contributed by atoms with Gasteiger partial charge in [0.15, 0.2) is 16.4 Å². The molecule has 1 unspecified atom stereocenters. The largest absolute Gasteiger partial charge is 0.483 e. The molecule has 8 heteroatoms. The van der Waals surface area contributed by atoms with Crippen LogP contribution in [0.3, 0.4) is 0 Å². The highest BCUT2D eigenvalue weighted by molar-refractivity contribution is 9.10. The Balaban J connectivity index is 1.92. The van der Waals surface area contributed by atoms with E-state index in [2.05, 4.69) is 15.9 Å². The highest BCUT2D eigenvalue weighted by Crippen LogP contribution is 2.28. The van der Waals surface area contributed by atoms with Crippen LogP contribution in [0.5, 0.6) is 5.75 Å². The Morgan fingerprint density at radius 1 is 1.52 bits per heavy atom. The van der Waals surface area contributed by atoms with Gasteiger partial charge in [-0.05, 0) is 40.5 Å². The highest BCUT2D eigenvalue weighted by atomic mass is 79.9. The lowest BCUT2D eigenvalue weighted by Gasteiger charge is -2.23. The van der Waals surface area contributed by atoms with Gasteiger partial charge in [-0.15, -0.1) is 0 Å². The van der Waals surface area contributed by atoms with Crippen LogP contribution in [0.4, 0.5) is 0 Å². The molecule has 1 heterocycles. The van der Waals surface area contributed by atoms with Crippen LogP contribution in [-0.4, -0.2) is 50.4 Å². The van der Waals surface area contributed by atoms with Gasteiger partial charge in [0.2, 0.25) is 0 Å². The average Bonchev–Trinajstić information content (AvgIpc) is 2.77. The Kier molecular flexibility index (Phi) is 5.16. The van der Waals surface area contributed by atoms with Gasteiger partial charge in [-0.1, -0.05) is 11.6 Å². The molecule has 0 radical (unpaired) electrons. The van der Waals surface area contributed by atoms with Gasteiger partial charge < -0.3 is 9.64 Å². The first-order valence-electron chi connectivity index (χ1n) is 6.32. The van der Waals surface area contributed by atoms with Crippen molar-refractivity contribution in [1.82, 2.24) is 4.90 Å². The van der Waals surface area contributed by atoms with Gasteiger partial charge in [0.1, 0.15) is 5.75 Å². The van der Waals surface area contributed by atoms with Crippen LogP contribution >= 0.6 is 27.5 Å². The number of hydrogen-bond acceptors (Lipinski definition) is 4. The van der Waals surface area contributed by atoms with Crippen molar-refractivity contribution in [3.8, 4) is 5.75 Å². The summed E-state index contributed by atoms with van der Waals surface area (Å²) in [6.07, 6.45) is 0.481. The van der Waals surface area contributed by atoms with Gasteiger partial charge in [-0.2, -0.15) is 0 Å². The van der Waals surface area contributed by atoms with Crippen molar-refractivity contribution in [2.45, 2.75) is 12.5 Å². The minimum absolute atomic E-state index is 0.0277. The number of benzene rings is 1. The van der Waals surface area contributed by atoms with E-state index in [1.165, 1.54) is 4.90 Å². The number of hydrogen-bond donors (Lipinski definition) is 0. The molecule has 5 nitrogen and oxygen atoms in total. The van der Waals surface area contributed by atoms with E-state index < -0.39 is 9.84 Å². The maximum atomic E-state index is 12.1. The number of rotatable bonds is 4. The summed E-state index contributed by atoms with van der Waals surface area (Å²) >= 11 is 9.13. The SMILES string of the molecule is CN(C(=O)COc1ccc(Cl)cc1Br)C1CCS(=O)(=O)C1. The van der Waals surface area contributed by atoms with E-state index in [1.807, 2.05) is 0 Å². The fourth-order valence-electron chi connectivity index (χ4n) is 2.12. The van der Waals surface area contributed by atoms with Crippen LogP contribution in [0.1, 0.15) is 6.42 Å². The summed E-state index contributed by atoms with van der Waals surface area (Å²) in [6.45, 7) is -0.146. The van der Waals surface area contributed by atoms with Gasteiger partial charge >= 0.3 is 0 Å². The molecule has 0 bridgehead atoms. The normalized spacial score (nSPS) is 20.2. The smallest absolute Gasteiger partial charge is 0.260 e. The number of carbonyl (C=O) groups excluding carboxylic acids is 1. The molecule has 116 valence electrons. The maximum Gasteiger partial charge on any atom is 0.260 e. The van der Waals surface area contributed by atoms with Crippen LogP contribution in [-0.2, 0) is 14.6 Å². The van der Waals surface area contributed by atoms with E-state index in [1.54, 1.807) is 25.2 Å². The van der Waals surface area contributed by atoms with Gasteiger partial charge in [0.05, 0.1) is 16.0 Å². The third-order valence-corrected chi connectivity index (χ3v) is 6.00. The number of ether oxygens (including phenoxy) is 1. The number of carbonyl (C=O) groups is 1. The Morgan fingerprint density at radius 3 is 2.81 bits per heavy atom. The first-order valence-corrected chi connectivity index (χ1v) is 9.32. The van der Waals surface area contributed by atoms with Crippen molar-refractivity contribution in [2.75, 3.05) is 25.2 Å². The molecule has 1 saturated heterocycles.